The summed E-state index contributed by atoms with van der Waals surface area (Å²) in [4.78, 5) is 5.91. The number of benzene rings is 1. The maximum atomic E-state index is 6.13. The van der Waals surface area contributed by atoms with Crippen molar-refractivity contribution < 1.29 is 4.74 Å². The van der Waals surface area contributed by atoms with E-state index in [0.29, 0.717) is 6.54 Å². The molecule has 2 aromatic rings. The van der Waals surface area contributed by atoms with Gasteiger partial charge in [-0.1, -0.05) is 0 Å². The molecule has 0 saturated carbocycles. The van der Waals surface area contributed by atoms with Crippen LogP contribution in [0.5, 0.6) is 5.75 Å². The summed E-state index contributed by atoms with van der Waals surface area (Å²) in [5.74, 6) is 0.902. The molecule has 3 rings (SSSR count). The third-order valence-electron chi connectivity index (χ3n) is 4.86. The molecule has 1 fully saturated rings. The van der Waals surface area contributed by atoms with Crippen LogP contribution < -0.4 is 10.5 Å². The molecule has 4 nitrogen and oxygen atoms in total. The van der Waals surface area contributed by atoms with Crippen LogP contribution in [0.3, 0.4) is 0 Å². The molecule has 0 aliphatic carbocycles. The fraction of sp³-hybridized carbons (Fsp3) is 0.529. The van der Waals surface area contributed by atoms with Crippen molar-refractivity contribution in [2.75, 3.05) is 26.7 Å². The van der Waals surface area contributed by atoms with Gasteiger partial charge in [-0.3, -0.25) is 4.90 Å². The lowest BCUT2D eigenvalue weighted by molar-refractivity contribution is 0.143. The number of nitrogens with two attached hydrogens (primary N) is 1. The summed E-state index contributed by atoms with van der Waals surface area (Å²) in [5, 5.41) is 1.24. The zero-order chi connectivity index (χ0) is 14.9. The molecular weight excluding hydrogens is 262 g/mol. The summed E-state index contributed by atoms with van der Waals surface area (Å²) in [6.07, 6.45) is 5.67. The maximum Gasteiger partial charge on any atom is 0.119 e. The van der Waals surface area contributed by atoms with Crippen LogP contribution in [0, 0.1) is 0 Å². The molecule has 1 aromatic heterocycles. The Labute approximate surface area is 126 Å². The third kappa shape index (κ3) is 2.65. The fourth-order valence-corrected chi connectivity index (χ4v) is 3.41. The van der Waals surface area contributed by atoms with Crippen molar-refractivity contribution in [2.45, 2.75) is 31.7 Å². The molecule has 4 heteroatoms. The van der Waals surface area contributed by atoms with Crippen molar-refractivity contribution >= 4 is 10.9 Å². The van der Waals surface area contributed by atoms with E-state index < -0.39 is 0 Å². The average molecular weight is 287 g/mol. The van der Waals surface area contributed by atoms with Crippen molar-refractivity contribution in [1.29, 1.82) is 0 Å². The molecule has 1 aromatic carbocycles. The number of nitrogens with one attached hydrogen (secondary N) is 1. The topological polar surface area (TPSA) is 54.3 Å². The van der Waals surface area contributed by atoms with E-state index in [4.69, 9.17) is 10.5 Å². The Morgan fingerprint density at radius 2 is 2.10 bits per heavy atom. The van der Waals surface area contributed by atoms with Crippen LogP contribution in [0.2, 0.25) is 0 Å². The number of H-pyrrole nitrogens is 1. The van der Waals surface area contributed by atoms with Gasteiger partial charge in [0.15, 0.2) is 0 Å². The van der Waals surface area contributed by atoms with Gasteiger partial charge in [0.1, 0.15) is 5.75 Å². The molecular formula is C17H25N3O. The second kappa shape index (κ2) is 5.70. The fourth-order valence-electron chi connectivity index (χ4n) is 3.41. The number of hydrogen-bond donors (Lipinski definition) is 2. The minimum atomic E-state index is 0.0364. The number of ether oxygens (including phenoxy) is 1. The zero-order valence-electron chi connectivity index (χ0n) is 13.0. The number of aromatic nitrogens is 1. The standard InChI is InChI=1S/C17H25N3O/c1-17(12-18,20-7-3-4-8-20)10-13-11-19-16-6-5-14(21-2)9-15(13)16/h5-6,9,11,19H,3-4,7-8,10,12,18H2,1-2H3. The van der Waals surface area contributed by atoms with E-state index in [1.807, 2.05) is 6.07 Å². The molecule has 0 radical (unpaired) electrons. The quantitative estimate of drug-likeness (QED) is 0.888. The Morgan fingerprint density at radius 3 is 2.76 bits per heavy atom. The Hall–Kier alpha value is -1.52. The Morgan fingerprint density at radius 1 is 1.33 bits per heavy atom. The second-order valence-corrected chi connectivity index (χ2v) is 6.30. The lowest BCUT2D eigenvalue weighted by atomic mass is 9.91. The van der Waals surface area contributed by atoms with Gasteiger partial charge in [-0.25, -0.2) is 0 Å². The number of likely N-dealkylation sites (tertiary alicyclic amines) is 1. The summed E-state index contributed by atoms with van der Waals surface area (Å²) in [5.41, 5.74) is 8.65. The molecule has 1 saturated heterocycles. The highest BCUT2D eigenvalue weighted by Gasteiger charge is 2.33. The molecule has 1 aliphatic rings. The van der Waals surface area contributed by atoms with Gasteiger partial charge in [-0.2, -0.15) is 0 Å². The van der Waals surface area contributed by atoms with Crippen LogP contribution in [0.15, 0.2) is 24.4 Å². The maximum absolute atomic E-state index is 6.13. The molecule has 3 N–H and O–H groups in total. The highest BCUT2D eigenvalue weighted by atomic mass is 16.5. The van der Waals surface area contributed by atoms with Gasteiger partial charge in [0, 0.05) is 29.2 Å². The van der Waals surface area contributed by atoms with Crippen LogP contribution in [0.4, 0.5) is 0 Å². The molecule has 21 heavy (non-hydrogen) atoms. The van der Waals surface area contributed by atoms with Crippen LogP contribution in [0.25, 0.3) is 10.9 Å². The first kappa shape index (κ1) is 14.4. The Kier molecular flexibility index (Phi) is 3.91. The highest BCUT2D eigenvalue weighted by molar-refractivity contribution is 5.84. The molecule has 0 amide bonds. The minimum absolute atomic E-state index is 0.0364. The molecule has 1 aliphatic heterocycles. The molecule has 114 valence electrons. The average Bonchev–Trinajstić information content (AvgIpc) is 3.17. The van der Waals surface area contributed by atoms with Crippen molar-refractivity contribution in [1.82, 2.24) is 9.88 Å². The lowest BCUT2D eigenvalue weighted by Crippen LogP contribution is -2.51. The molecule has 0 spiro atoms. The summed E-state index contributed by atoms with van der Waals surface area (Å²) in [6, 6.07) is 6.18. The first-order valence-electron chi connectivity index (χ1n) is 7.75. The summed E-state index contributed by atoms with van der Waals surface area (Å²) >= 11 is 0. The zero-order valence-corrected chi connectivity index (χ0v) is 13.0. The molecule has 0 bridgehead atoms. The van der Waals surface area contributed by atoms with Gasteiger partial charge in [0.2, 0.25) is 0 Å². The monoisotopic (exact) mass is 287 g/mol. The van der Waals surface area contributed by atoms with E-state index in [1.165, 1.54) is 36.9 Å². The van der Waals surface area contributed by atoms with Gasteiger partial charge in [-0.15, -0.1) is 0 Å². The van der Waals surface area contributed by atoms with Gasteiger partial charge in [0.25, 0.3) is 0 Å². The molecule has 1 atom stereocenters. The predicted molar refractivity (Wildman–Crippen MR) is 86.8 cm³/mol. The molecule has 1 unspecified atom stereocenters. The van der Waals surface area contributed by atoms with Crippen molar-refractivity contribution in [3.63, 3.8) is 0 Å². The minimum Gasteiger partial charge on any atom is -0.497 e. The number of methoxy groups -OCH3 is 1. The number of nitrogens with zero attached hydrogens (tertiary/aromatic N) is 1. The normalized spacial score (nSPS) is 19.0. The summed E-state index contributed by atoms with van der Waals surface area (Å²) in [6.45, 7) is 5.31. The summed E-state index contributed by atoms with van der Waals surface area (Å²) in [7, 11) is 1.71. The third-order valence-corrected chi connectivity index (χ3v) is 4.86. The number of aromatic amines is 1. The Balaban J connectivity index is 1.92. The lowest BCUT2D eigenvalue weighted by Gasteiger charge is -2.38. The van der Waals surface area contributed by atoms with Crippen molar-refractivity contribution in [3.05, 3.63) is 30.0 Å². The van der Waals surface area contributed by atoms with E-state index in [-0.39, 0.29) is 5.54 Å². The van der Waals surface area contributed by atoms with Gasteiger partial charge in [-0.05, 0) is 63.0 Å². The van der Waals surface area contributed by atoms with E-state index in [2.05, 4.69) is 35.1 Å². The van der Waals surface area contributed by atoms with Crippen LogP contribution in [-0.4, -0.2) is 42.2 Å². The predicted octanol–water partition coefficient (Wildman–Crippen LogP) is 2.53. The number of hydrogen-bond acceptors (Lipinski definition) is 3. The number of fused-ring (bicyclic) bond motifs is 1. The highest BCUT2D eigenvalue weighted by Crippen LogP contribution is 2.30. The van der Waals surface area contributed by atoms with E-state index in [9.17, 15) is 0 Å². The van der Waals surface area contributed by atoms with Gasteiger partial charge >= 0.3 is 0 Å². The largest absolute Gasteiger partial charge is 0.497 e. The first-order chi connectivity index (χ1) is 10.2. The SMILES string of the molecule is COc1ccc2[nH]cc(CC(C)(CN)N3CCCC3)c2c1. The van der Waals surface area contributed by atoms with E-state index in [1.54, 1.807) is 7.11 Å². The van der Waals surface area contributed by atoms with Crippen molar-refractivity contribution in [3.8, 4) is 5.75 Å². The summed E-state index contributed by atoms with van der Waals surface area (Å²) < 4.78 is 5.35. The first-order valence-corrected chi connectivity index (χ1v) is 7.75. The van der Waals surface area contributed by atoms with E-state index in [0.717, 1.165) is 17.7 Å². The van der Waals surface area contributed by atoms with Crippen LogP contribution >= 0.6 is 0 Å². The Bertz CT molecular complexity index is 616. The van der Waals surface area contributed by atoms with Gasteiger partial charge < -0.3 is 15.5 Å². The van der Waals surface area contributed by atoms with E-state index >= 15 is 0 Å². The van der Waals surface area contributed by atoms with Gasteiger partial charge in [0.05, 0.1) is 7.11 Å². The number of rotatable bonds is 5. The van der Waals surface area contributed by atoms with Crippen LogP contribution in [-0.2, 0) is 6.42 Å². The second-order valence-electron chi connectivity index (χ2n) is 6.30. The van der Waals surface area contributed by atoms with Crippen molar-refractivity contribution in [2.24, 2.45) is 5.73 Å². The smallest absolute Gasteiger partial charge is 0.119 e. The molecule has 2 heterocycles. The van der Waals surface area contributed by atoms with Crippen LogP contribution in [0.1, 0.15) is 25.3 Å².